The van der Waals surface area contributed by atoms with Crippen molar-refractivity contribution in [2.75, 3.05) is 0 Å². The van der Waals surface area contributed by atoms with E-state index in [-0.39, 0.29) is 55.9 Å². The standard InChI is InChI=1S/C26H18/c1-2-9-19(10-3-1)20-13-8-14-23(17-20)26-24-15-6-4-11-21(24)18-22-12-5-7-16-25(22)26/h1-18H/i1D,2D,3D,4D,5D,6D,7D,9D,10D,11D,12D,15D,16D. The van der Waals surface area contributed by atoms with Gasteiger partial charge in [-0.25, -0.2) is 0 Å². The van der Waals surface area contributed by atoms with Crippen molar-refractivity contribution in [2.24, 2.45) is 0 Å². The molecule has 0 amide bonds. The van der Waals surface area contributed by atoms with Gasteiger partial charge in [0.25, 0.3) is 0 Å². The van der Waals surface area contributed by atoms with Crippen molar-refractivity contribution in [3.8, 4) is 22.3 Å². The quantitative estimate of drug-likeness (QED) is 0.294. The molecule has 0 saturated carbocycles. The lowest BCUT2D eigenvalue weighted by atomic mass is 9.90. The Morgan fingerprint density at radius 1 is 0.500 bits per heavy atom. The second-order valence-electron chi connectivity index (χ2n) is 5.68. The van der Waals surface area contributed by atoms with Crippen LogP contribution in [0.25, 0.3) is 43.8 Å². The highest BCUT2D eigenvalue weighted by Crippen LogP contribution is 2.37. The SMILES string of the molecule is [2H]c1c([2H])c([2H])c(-c2cccc(-c3c4c([2H])c([2H])c([2H])c([2H])c4cc4c([2H])c([2H])c([2H])c([2H])c34)c2)c([2H])c1[2H]. The molecule has 0 spiro atoms. The molecular weight excluding hydrogens is 312 g/mol. The van der Waals surface area contributed by atoms with E-state index in [4.69, 9.17) is 17.8 Å². The average Bonchev–Trinajstić information content (AvgIpc) is 2.93. The van der Waals surface area contributed by atoms with Crippen molar-refractivity contribution < 1.29 is 17.8 Å². The van der Waals surface area contributed by atoms with Crippen LogP contribution in [-0.2, 0) is 0 Å². The topological polar surface area (TPSA) is 0 Å². The lowest BCUT2D eigenvalue weighted by Gasteiger charge is -2.13. The summed E-state index contributed by atoms with van der Waals surface area (Å²) in [5, 5.41) is 0.192. The van der Waals surface area contributed by atoms with Crippen LogP contribution in [0.2, 0.25) is 0 Å². The third kappa shape index (κ3) is 2.48. The van der Waals surface area contributed by atoms with Crippen molar-refractivity contribution in [1.29, 1.82) is 0 Å². The van der Waals surface area contributed by atoms with Gasteiger partial charge in [0.2, 0.25) is 0 Å². The number of fused-ring (bicyclic) bond motifs is 2. The van der Waals surface area contributed by atoms with E-state index in [0.29, 0.717) is 0 Å². The Morgan fingerprint density at radius 3 is 1.77 bits per heavy atom. The minimum Gasteiger partial charge on any atom is -0.0622 e. The van der Waals surface area contributed by atoms with Crippen LogP contribution in [0.5, 0.6) is 0 Å². The Labute approximate surface area is 171 Å². The van der Waals surface area contributed by atoms with E-state index in [1.165, 1.54) is 18.2 Å². The number of hydrogen-bond acceptors (Lipinski definition) is 0. The van der Waals surface area contributed by atoms with E-state index in [1.807, 2.05) is 0 Å². The number of benzene rings is 5. The highest BCUT2D eigenvalue weighted by atomic mass is 14.1. The third-order valence-electron chi connectivity index (χ3n) is 4.16. The van der Waals surface area contributed by atoms with Gasteiger partial charge in [-0.05, 0) is 55.9 Å². The molecule has 0 aliphatic rings. The molecule has 0 heteroatoms. The molecule has 0 N–H and O–H groups in total. The molecule has 0 saturated heterocycles. The van der Waals surface area contributed by atoms with Crippen molar-refractivity contribution >= 4 is 21.5 Å². The molecule has 0 bridgehead atoms. The Morgan fingerprint density at radius 2 is 1.08 bits per heavy atom. The zero-order chi connectivity index (χ0) is 28.7. The maximum atomic E-state index is 8.66. The monoisotopic (exact) mass is 343 g/mol. The van der Waals surface area contributed by atoms with Crippen molar-refractivity contribution in [3.63, 3.8) is 0 Å². The molecule has 0 heterocycles. The van der Waals surface area contributed by atoms with Gasteiger partial charge in [0, 0.05) is 0 Å². The molecule has 0 fully saturated rings. The molecule has 5 rings (SSSR count). The molecule has 122 valence electrons. The first-order chi connectivity index (χ1) is 18.3. The first-order valence-corrected chi connectivity index (χ1v) is 7.90. The second-order valence-corrected chi connectivity index (χ2v) is 5.68. The fourth-order valence-corrected chi connectivity index (χ4v) is 3.04. The summed E-state index contributed by atoms with van der Waals surface area (Å²) in [7, 11) is 0. The van der Waals surface area contributed by atoms with Gasteiger partial charge in [-0.15, -0.1) is 0 Å². The van der Waals surface area contributed by atoms with Crippen LogP contribution in [0.1, 0.15) is 17.8 Å². The highest BCUT2D eigenvalue weighted by molar-refractivity contribution is 6.12. The molecule has 0 atom stereocenters. The lowest BCUT2D eigenvalue weighted by molar-refractivity contribution is 1.61. The molecule has 0 radical (unpaired) electrons. The minimum atomic E-state index is -0.544. The van der Waals surface area contributed by atoms with Gasteiger partial charge < -0.3 is 0 Å². The van der Waals surface area contributed by atoms with Gasteiger partial charge in [0.05, 0.1) is 17.8 Å². The summed E-state index contributed by atoms with van der Waals surface area (Å²) in [5.41, 5.74) is 0.563. The van der Waals surface area contributed by atoms with Crippen LogP contribution in [0.4, 0.5) is 0 Å². The molecule has 0 nitrogen and oxygen atoms in total. The zero-order valence-corrected chi connectivity index (χ0v) is 13.4. The third-order valence-corrected chi connectivity index (χ3v) is 4.16. The Kier molecular flexibility index (Phi) is 1.60. The fourth-order valence-electron chi connectivity index (χ4n) is 3.04. The lowest BCUT2D eigenvalue weighted by Crippen LogP contribution is -1.86. The fraction of sp³-hybridized carbons (Fsp3) is 0. The van der Waals surface area contributed by atoms with E-state index in [0.717, 1.165) is 0 Å². The average molecular weight is 344 g/mol. The van der Waals surface area contributed by atoms with Gasteiger partial charge in [0.15, 0.2) is 0 Å². The van der Waals surface area contributed by atoms with E-state index in [9.17, 15) is 0 Å². The van der Waals surface area contributed by atoms with Gasteiger partial charge in [-0.3, -0.25) is 0 Å². The first kappa shape index (κ1) is 6.74. The van der Waals surface area contributed by atoms with Crippen molar-refractivity contribution in [3.05, 3.63) is 109 Å². The van der Waals surface area contributed by atoms with E-state index >= 15 is 0 Å². The number of rotatable bonds is 2. The van der Waals surface area contributed by atoms with Crippen LogP contribution in [0, 0.1) is 0 Å². The molecule has 5 aromatic rings. The molecule has 0 aliphatic carbocycles. The molecule has 0 aromatic heterocycles. The van der Waals surface area contributed by atoms with Crippen LogP contribution in [0.15, 0.2) is 109 Å². The Hall–Kier alpha value is -3.38. The van der Waals surface area contributed by atoms with Gasteiger partial charge in [-0.1, -0.05) is 96.8 Å². The highest BCUT2D eigenvalue weighted by Gasteiger charge is 2.10. The maximum Gasteiger partial charge on any atom is 0.0629 e. The summed E-state index contributed by atoms with van der Waals surface area (Å²) in [5.74, 6) is 0. The van der Waals surface area contributed by atoms with Crippen molar-refractivity contribution in [2.45, 2.75) is 0 Å². The molecule has 26 heavy (non-hydrogen) atoms. The van der Waals surface area contributed by atoms with E-state index < -0.39 is 66.5 Å². The van der Waals surface area contributed by atoms with Crippen LogP contribution in [0.3, 0.4) is 0 Å². The normalized spacial score (nSPS) is 18.1. The van der Waals surface area contributed by atoms with Gasteiger partial charge in [0.1, 0.15) is 0 Å². The molecular formula is C26H18. The van der Waals surface area contributed by atoms with E-state index in [2.05, 4.69) is 0 Å². The zero-order valence-electron chi connectivity index (χ0n) is 26.4. The summed E-state index contributed by atoms with van der Waals surface area (Å²) in [6, 6.07) is 1.49. The first-order valence-electron chi connectivity index (χ1n) is 14.4. The minimum absolute atomic E-state index is 0.0386. The van der Waals surface area contributed by atoms with Crippen molar-refractivity contribution in [1.82, 2.24) is 0 Å². The van der Waals surface area contributed by atoms with Crippen LogP contribution in [-0.4, -0.2) is 0 Å². The predicted octanol–water partition coefficient (Wildman–Crippen LogP) is 7.33. The Balaban J connectivity index is 2.01. The summed E-state index contributed by atoms with van der Waals surface area (Å²) >= 11 is 0. The molecule has 0 unspecified atom stereocenters. The summed E-state index contributed by atoms with van der Waals surface area (Å²) in [4.78, 5) is 0. The second kappa shape index (κ2) is 6.16. The predicted molar refractivity (Wildman–Crippen MR) is 112 cm³/mol. The molecule has 5 aromatic carbocycles. The largest absolute Gasteiger partial charge is 0.0629 e. The van der Waals surface area contributed by atoms with Crippen LogP contribution >= 0.6 is 0 Å². The summed E-state index contributed by atoms with van der Waals surface area (Å²) in [6.45, 7) is 0. The summed E-state index contributed by atoms with van der Waals surface area (Å²) in [6.07, 6.45) is 0. The number of hydrogen-bond donors (Lipinski definition) is 0. The van der Waals surface area contributed by atoms with Gasteiger partial charge >= 0.3 is 0 Å². The Bertz CT molecular complexity index is 1790. The smallest absolute Gasteiger partial charge is 0.0622 e. The molecule has 0 aliphatic heterocycles. The van der Waals surface area contributed by atoms with Gasteiger partial charge in [-0.2, -0.15) is 0 Å². The van der Waals surface area contributed by atoms with E-state index in [1.54, 1.807) is 12.1 Å². The maximum absolute atomic E-state index is 8.66. The van der Waals surface area contributed by atoms with Crippen LogP contribution < -0.4 is 0 Å². The summed E-state index contributed by atoms with van der Waals surface area (Å²) < 4.78 is 108.